The lowest BCUT2D eigenvalue weighted by Gasteiger charge is -2.48. The fraction of sp³-hybridized carbons (Fsp3) is 0.417. The normalized spacial score (nSPS) is 22.9. The molecule has 2 saturated heterocycles. The van der Waals surface area contributed by atoms with Crippen molar-refractivity contribution < 1.29 is 27.5 Å². The van der Waals surface area contributed by atoms with E-state index in [-0.39, 0.29) is 34.6 Å². The van der Waals surface area contributed by atoms with Crippen LogP contribution in [-0.2, 0) is 17.5 Å². The highest BCUT2D eigenvalue weighted by molar-refractivity contribution is 6.31. The molecule has 2 bridgehead atoms. The number of fused-ring (bicyclic) bond motifs is 3. The Kier molecular flexibility index (Phi) is 5.70. The molecular weight excluding hydrogens is 474 g/mol. The Bertz CT molecular complexity index is 1240. The number of aromatic nitrogens is 2. The van der Waals surface area contributed by atoms with Crippen LogP contribution in [0.25, 0.3) is 10.9 Å². The number of alkyl halides is 3. The molecule has 5 rings (SSSR count). The van der Waals surface area contributed by atoms with Gasteiger partial charge in [-0.15, -0.1) is 0 Å². The number of carboxylic acid groups (broad SMARTS) is 1. The fourth-order valence-electron chi connectivity index (χ4n) is 5.53. The number of aliphatic carboxylic acids is 1. The molecule has 3 heterocycles. The lowest BCUT2D eigenvalue weighted by molar-refractivity contribution is -0.143. The summed E-state index contributed by atoms with van der Waals surface area (Å²) in [6, 6.07) is 7.78. The Morgan fingerprint density at radius 1 is 1.12 bits per heavy atom. The molecule has 2 aliphatic heterocycles. The molecular formula is C24H22ClF4N3O2. The molecule has 10 heteroatoms. The number of piperidine rings is 2. The van der Waals surface area contributed by atoms with Crippen LogP contribution in [0.4, 0.5) is 23.4 Å². The number of halogens is 5. The maximum Gasteiger partial charge on any atom is 0.416 e. The van der Waals surface area contributed by atoms with E-state index in [0.717, 1.165) is 25.3 Å². The summed E-state index contributed by atoms with van der Waals surface area (Å²) in [5, 5.41) is 14.3. The van der Waals surface area contributed by atoms with Gasteiger partial charge in [0.2, 0.25) is 0 Å². The fourth-order valence-corrected chi connectivity index (χ4v) is 5.77. The number of carbonyl (C=O) groups is 1. The van der Waals surface area contributed by atoms with Gasteiger partial charge in [0.1, 0.15) is 5.82 Å². The molecule has 0 amide bonds. The molecule has 1 unspecified atom stereocenters. The highest BCUT2D eigenvalue weighted by atomic mass is 35.5. The second-order valence-corrected chi connectivity index (χ2v) is 9.44. The number of nitrogens with zero attached hydrogens (tertiary/aromatic N) is 3. The number of carboxylic acids is 1. The predicted molar refractivity (Wildman–Crippen MR) is 120 cm³/mol. The topological polar surface area (TPSA) is 58.4 Å². The van der Waals surface area contributed by atoms with Crippen LogP contribution >= 0.6 is 11.6 Å². The monoisotopic (exact) mass is 495 g/mol. The first kappa shape index (κ1) is 23.0. The summed E-state index contributed by atoms with van der Waals surface area (Å²) < 4.78 is 57.4. The van der Waals surface area contributed by atoms with Crippen LogP contribution in [0.3, 0.4) is 0 Å². The van der Waals surface area contributed by atoms with Gasteiger partial charge in [0.15, 0.2) is 5.82 Å². The summed E-state index contributed by atoms with van der Waals surface area (Å²) in [5.74, 6) is -1.47. The molecule has 0 radical (unpaired) electrons. The van der Waals surface area contributed by atoms with Crippen molar-refractivity contribution in [2.24, 2.45) is 5.92 Å². The number of anilines is 1. The van der Waals surface area contributed by atoms with Gasteiger partial charge < -0.3 is 10.0 Å². The van der Waals surface area contributed by atoms with Crippen LogP contribution in [0, 0.1) is 11.7 Å². The number of hydrogen-bond acceptors (Lipinski definition) is 3. The van der Waals surface area contributed by atoms with E-state index < -0.39 is 29.4 Å². The van der Waals surface area contributed by atoms with Crippen LogP contribution in [0.5, 0.6) is 0 Å². The van der Waals surface area contributed by atoms with Gasteiger partial charge in [-0.25, -0.2) is 4.39 Å². The van der Waals surface area contributed by atoms with E-state index in [2.05, 4.69) is 5.10 Å². The Hall–Kier alpha value is -2.81. The lowest BCUT2D eigenvalue weighted by Crippen LogP contribution is -2.53. The van der Waals surface area contributed by atoms with Crippen LogP contribution in [-0.4, -0.2) is 32.9 Å². The molecule has 1 aromatic heterocycles. The molecule has 180 valence electrons. The van der Waals surface area contributed by atoms with Crippen molar-refractivity contribution in [1.29, 1.82) is 0 Å². The van der Waals surface area contributed by atoms with E-state index in [1.165, 1.54) is 28.9 Å². The van der Waals surface area contributed by atoms with Crippen LogP contribution in [0.15, 0.2) is 36.4 Å². The third kappa shape index (κ3) is 3.89. The van der Waals surface area contributed by atoms with Gasteiger partial charge >= 0.3 is 12.1 Å². The number of rotatable bonds is 4. The summed E-state index contributed by atoms with van der Waals surface area (Å²) >= 11 is 6.17. The SMILES string of the molecule is O=C(O)C1C[C@H]2CCC[C@@H](C1)N2c1nn(Cc2c(Cl)cccc2C(F)(F)F)c2cccc(F)c12. The molecule has 5 nitrogen and oxygen atoms in total. The largest absolute Gasteiger partial charge is 0.481 e. The zero-order chi connectivity index (χ0) is 24.2. The molecule has 0 aliphatic carbocycles. The van der Waals surface area contributed by atoms with Gasteiger partial charge in [-0.1, -0.05) is 23.7 Å². The van der Waals surface area contributed by atoms with Crippen LogP contribution in [0.1, 0.15) is 43.2 Å². The van der Waals surface area contributed by atoms with E-state index in [4.69, 9.17) is 11.6 Å². The summed E-state index contributed by atoms with van der Waals surface area (Å²) in [5.41, 5.74) is -0.635. The van der Waals surface area contributed by atoms with Crippen molar-refractivity contribution in [1.82, 2.24) is 9.78 Å². The standard InChI is InChI=1S/C24H22ClF4N3O2/c25-18-7-2-6-17(24(27,28)29)16(18)12-31-20-9-3-8-19(26)21(20)22(30-31)32-14-4-1-5-15(32)11-13(10-14)23(33)34/h2-3,6-9,13-15H,1,4-5,10-12H2,(H,33,34)/t13?,14-,15+. The van der Waals surface area contributed by atoms with Crippen LogP contribution in [0.2, 0.25) is 5.02 Å². The van der Waals surface area contributed by atoms with E-state index >= 15 is 4.39 Å². The molecule has 2 aromatic carbocycles. The zero-order valence-corrected chi connectivity index (χ0v) is 18.8. The van der Waals surface area contributed by atoms with E-state index in [1.54, 1.807) is 6.07 Å². The summed E-state index contributed by atoms with van der Waals surface area (Å²) in [7, 11) is 0. The molecule has 2 aliphatic rings. The molecule has 2 fully saturated rings. The summed E-state index contributed by atoms with van der Waals surface area (Å²) in [6.07, 6.45) is -1.30. The first-order valence-corrected chi connectivity index (χ1v) is 11.5. The maximum absolute atomic E-state index is 15.1. The number of benzene rings is 2. The van der Waals surface area contributed by atoms with E-state index in [9.17, 15) is 23.1 Å². The summed E-state index contributed by atoms with van der Waals surface area (Å²) in [6.45, 7) is -0.282. The smallest absolute Gasteiger partial charge is 0.416 e. The predicted octanol–water partition coefficient (Wildman–Crippen LogP) is 6.12. The average molecular weight is 496 g/mol. The minimum Gasteiger partial charge on any atom is -0.481 e. The van der Waals surface area contributed by atoms with Crippen molar-refractivity contribution in [3.63, 3.8) is 0 Å². The first-order valence-electron chi connectivity index (χ1n) is 11.2. The van der Waals surface area contributed by atoms with Gasteiger partial charge in [-0.05, 0) is 56.4 Å². The molecule has 34 heavy (non-hydrogen) atoms. The first-order chi connectivity index (χ1) is 16.1. The molecule has 3 aromatic rings. The highest BCUT2D eigenvalue weighted by Crippen LogP contribution is 2.43. The van der Waals surface area contributed by atoms with Crippen molar-refractivity contribution in [2.75, 3.05) is 4.90 Å². The van der Waals surface area contributed by atoms with Crippen molar-refractivity contribution in [3.8, 4) is 0 Å². The van der Waals surface area contributed by atoms with E-state index in [1.807, 2.05) is 4.90 Å². The van der Waals surface area contributed by atoms with Gasteiger partial charge in [0, 0.05) is 22.7 Å². The minimum atomic E-state index is -4.60. The van der Waals surface area contributed by atoms with Crippen LogP contribution < -0.4 is 4.90 Å². The molecule has 0 spiro atoms. The maximum atomic E-state index is 15.1. The number of hydrogen-bond donors (Lipinski definition) is 1. The van der Waals surface area contributed by atoms with Crippen molar-refractivity contribution in [2.45, 2.75) is 56.9 Å². The third-order valence-corrected chi connectivity index (χ3v) is 7.36. The lowest BCUT2D eigenvalue weighted by atomic mass is 9.78. The zero-order valence-electron chi connectivity index (χ0n) is 18.0. The Balaban J connectivity index is 1.62. The Labute approximate surface area is 197 Å². The van der Waals surface area contributed by atoms with Crippen molar-refractivity contribution >= 4 is 34.3 Å². The van der Waals surface area contributed by atoms with Crippen molar-refractivity contribution in [3.05, 3.63) is 58.4 Å². The molecule has 1 N–H and O–H groups in total. The van der Waals surface area contributed by atoms with Gasteiger partial charge in [-0.2, -0.15) is 18.3 Å². The molecule has 0 saturated carbocycles. The minimum absolute atomic E-state index is 0.0458. The quantitative estimate of drug-likeness (QED) is 0.443. The second-order valence-electron chi connectivity index (χ2n) is 9.03. The van der Waals surface area contributed by atoms with E-state index in [0.29, 0.717) is 24.2 Å². The average Bonchev–Trinajstić information content (AvgIpc) is 3.12. The summed E-state index contributed by atoms with van der Waals surface area (Å²) in [4.78, 5) is 13.6. The second kappa shape index (κ2) is 8.45. The van der Waals surface area contributed by atoms with Gasteiger partial charge in [0.05, 0.1) is 28.9 Å². The Morgan fingerprint density at radius 3 is 2.44 bits per heavy atom. The Morgan fingerprint density at radius 2 is 1.79 bits per heavy atom. The highest BCUT2D eigenvalue weighted by Gasteiger charge is 2.43. The van der Waals surface area contributed by atoms with Gasteiger partial charge in [0.25, 0.3) is 0 Å². The third-order valence-electron chi connectivity index (χ3n) is 7.01. The molecule has 3 atom stereocenters. The van der Waals surface area contributed by atoms with Gasteiger partial charge in [-0.3, -0.25) is 9.48 Å².